The quantitative estimate of drug-likeness (QED) is 0.738. The number of likely N-dealkylation sites (tertiary alicyclic amines) is 1. The first-order valence-corrected chi connectivity index (χ1v) is 10.3. The highest BCUT2D eigenvalue weighted by Crippen LogP contribution is 2.48. The van der Waals surface area contributed by atoms with Crippen molar-refractivity contribution < 1.29 is 14.7 Å². The Kier molecular flexibility index (Phi) is 5.58. The van der Waals surface area contributed by atoms with Gasteiger partial charge in [0.1, 0.15) is 5.69 Å². The minimum absolute atomic E-state index is 0.0110. The van der Waals surface area contributed by atoms with Crippen molar-refractivity contribution in [3.05, 3.63) is 17.5 Å². The Bertz CT molecular complexity index is 738. The van der Waals surface area contributed by atoms with Crippen LogP contribution in [0.4, 0.5) is 0 Å². The molecule has 1 aliphatic carbocycles. The van der Waals surface area contributed by atoms with Crippen LogP contribution in [0.15, 0.2) is 6.07 Å². The molecule has 7 heteroatoms. The van der Waals surface area contributed by atoms with Crippen molar-refractivity contribution in [2.45, 2.75) is 90.3 Å². The summed E-state index contributed by atoms with van der Waals surface area (Å²) in [4.78, 5) is 26.9. The Morgan fingerprint density at radius 2 is 2.04 bits per heavy atom. The molecule has 156 valence electrons. The predicted octanol–water partition coefficient (Wildman–Crippen LogP) is 2.37. The molecule has 4 atom stereocenters. The Morgan fingerprint density at radius 3 is 2.64 bits per heavy atom. The Hall–Kier alpha value is -1.89. The van der Waals surface area contributed by atoms with Gasteiger partial charge in [0.25, 0.3) is 5.91 Å². The third-order valence-electron chi connectivity index (χ3n) is 6.61. The Morgan fingerprint density at radius 1 is 1.36 bits per heavy atom. The summed E-state index contributed by atoms with van der Waals surface area (Å²) in [5.74, 6) is -0.232. The number of nitrogens with zero attached hydrogens (tertiary/aromatic N) is 2. The van der Waals surface area contributed by atoms with Crippen LogP contribution < -0.4 is 5.32 Å². The number of aromatic amines is 1. The van der Waals surface area contributed by atoms with Crippen LogP contribution in [-0.4, -0.2) is 56.8 Å². The van der Waals surface area contributed by atoms with Gasteiger partial charge in [-0.15, -0.1) is 0 Å². The van der Waals surface area contributed by atoms with Gasteiger partial charge in [0, 0.05) is 36.0 Å². The summed E-state index contributed by atoms with van der Waals surface area (Å²) in [5, 5.41) is 20.7. The molecule has 0 spiro atoms. The largest absolute Gasteiger partial charge is 0.392 e. The van der Waals surface area contributed by atoms with E-state index in [0.717, 1.165) is 31.4 Å². The van der Waals surface area contributed by atoms with Crippen molar-refractivity contribution in [3.8, 4) is 0 Å². The number of aliphatic hydroxyl groups is 1. The number of hydrogen-bond acceptors (Lipinski definition) is 4. The molecular weight excluding hydrogens is 356 g/mol. The van der Waals surface area contributed by atoms with E-state index >= 15 is 0 Å². The lowest BCUT2D eigenvalue weighted by atomic mass is 9.75. The van der Waals surface area contributed by atoms with Gasteiger partial charge < -0.3 is 15.3 Å². The standard InChI is InChI=1S/C21H34N4O3/c1-13(26)25-14(11-21(5)17(25)8-6-7-9-18(21)27)12-22-19(28)15-10-16(24-23-15)20(2,3)4/h10,14,17-18,27H,6-9,11-12H2,1-5H3,(H,22,28)(H,23,24)/t14-,17-,18+,21-/m1/s1. The average Bonchev–Trinajstić information content (AvgIpc) is 3.17. The second-order valence-corrected chi connectivity index (χ2v) is 9.73. The fraction of sp³-hybridized carbons (Fsp3) is 0.762. The van der Waals surface area contributed by atoms with Gasteiger partial charge in [-0.3, -0.25) is 14.7 Å². The maximum absolute atomic E-state index is 12.6. The number of aliphatic hydroxyl groups excluding tert-OH is 1. The first-order valence-electron chi connectivity index (χ1n) is 10.3. The van der Waals surface area contributed by atoms with Crippen molar-refractivity contribution >= 4 is 11.8 Å². The molecule has 0 radical (unpaired) electrons. The van der Waals surface area contributed by atoms with Gasteiger partial charge in [0.2, 0.25) is 5.91 Å². The zero-order valence-electron chi connectivity index (χ0n) is 17.7. The van der Waals surface area contributed by atoms with Crippen LogP contribution in [0.25, 0.3) is 0 Å². The van der Waals surface area contributed by atoms with E-state index in [2.05, 4.69) is 43.2 Å². The molecule has 1 aromatic heterocycles. The second-order valence-electron chi connectivity index (χ2n) is 9.73. The number of carbonyl (C=O) groups excluding carboxylic acids is 2. The van der Waals surface area contributed by atoms with Crippen LogP contribution in [0, 0.1) is 5.41 Å². The summed E-state index contributed by atoms with van der Waals surface area (Å²) in [6, 6.07) is 1.70. The summed E-state index contributed by atoms with van der Waals surface area (Å²) in [6.45, 7) is 10.2. The van der Waals surface area contributed by atoms with Crippen LogP contribution in [-0.2, 0) is 10.2 Å². The van der Waals surface area contributed by atoms with Gasteiger partial charge >= 0.3 is 0 Å². The topological polar surface area (TPSA) is 98.3 Å². The number of fused-ring (bicyclic) bond motifs is 1. The van der Waals surface area contributed by atoms with Crippen LogP contribution in [0.3, 0.4) is 0 Å². The van der Waals surface area contributed by atoms with E-state index in [1.54, 1.807) is 13.0 Å². The summed E-state index contributed by atoms with van der Waals surface area (Å²) >= 11 is 0. The lowest BCUT2D eigenvalue weighted by Gasteiger charge is -2.37. The van der Waals surface area contributed by atoms with Crippen LogP contribution in [0.5, 0.6) is 0 Å². The number of hydrogen-bond donors (Lipinski definition) is 3. The van der Waals surface area contributed by atoms with Crippen molar-refractivity contribution in [1.82, 2.24) is 20.4 Å². The van der Waals surface area contributed by atoms with Crippen molar-refractivity contribution in [2.24, 2.45) is 5.41 Å². The monoisotopic (exact) mass is 390 g/mol. The fourth-order valence-electron chi connectivity index (χ4n) is 4.92. The van der Waals surface area contributed by atoms with Gasteiger partial charge in [-0.05, 0) is 25.3 Å². The normalized spacial score (nSPS) is 30.6. The minimum atomic E-state index is -0.414. The molecule has 0 unspecified atom stereocenters. The van der Waals surface area contributed by atoms with E-state index in [4.69, 9.17) is 0 Å². The zero-order chi connectivity index (χ0) is 20.7. The van der Waals surface area contributed by atoms with Crippen LogP contribution in [0.2, 0.25) is 0 Å². The zero-order valence-corrected chi connectivity index (χ0v) is 17.7. The molecule has 2 fully saturated rings. The van der Waals surface area contributed by atoms with E-state index in [9.17, 15) is 14.7 Å². The number of rotatable bonds is 3. The molecule has 1 aromatic rings. The molecule has 1 saturated carbocycles. The molecule has 1 aliphatic heterocycles. The number of nitrogens with one attached hydrogen (secondary N) is 2. The fourth-order valence-corrected chi connectivity index (χ4v) is 4.92. The summed E-state index contributed by atoms with van der Waals surface area (Å²) in [7, 11) is 0. The Balaban J connectivity index is 1.72. The molecular formula is C21H34N4O3. The molecule has 2 amide bonds. The highest BCUT2D eigenvalue weighted by Gasteiger charge is 2.54. The molecule has 0 aromatic carbocycles. The van der Waals surface area contributed by atoms with Gasteiger partial charge in [-0.2, -0.15) is 5.10 Å². The lowest BCUT2D eigenvalue weighted by Crippen LogP contribution is -2.48. The predicted molar refractivity (Wildman–Crippen MR) is 107 cm³/mol. The van der Waals surface area contributed by atoms with Crippen molar-refractivity contribution in [1.29, 1.82) is 0 Å². The van der Waals surface area contributed by atoms with Gasteiger partial charge in [-0.25, -0.2) is 0 Å². The van der Waals surface area contributed by atoms with Gasteiger partial charge in [-0.1, -0.05) is 40.5 Å². The molecule has 2 heterocycles. The summed E-state index contributed by atoms with van der Waals surface area (Å²) < 4.78 is 0. The summed E-state index contributed by atoms with van der Waals surface area (Å²) in [5.41, 5.74) is 0.838. The molecule has 28 heavy (non-hydrogen) atoms. The number of carbonyl (C=O) groups is 2. The molecule has 0 bridgehead atoms. The van der Waals surface area contributed by atoms with E-state index in [1.165, 1.54) is 0 Å². The van der Waals surface area contributed by atoms with Crippen LogP contribution in [0.1, 0.15) is 82.9 Å². The third-order valence-corrected chi connectivity index (χ3v) is 6.61. The van der Waals surface area contributed by atoms with E-state index < -0.39 is 6.10 Å². The molecule has 3 N–H and O–H groups in total. The number of H-pyrrole nitrogens is 1. The molecule has 3 rings (SSSR count). The van der Waals surface area contributed by atoms with Gasteiger partial charge in [0.15, 0.2) is 0 Å². The lowest BCUT2D eigenvalue weighted by molar-refractivity contribution is -0.133. The first kappa shape index (κ1) is 20.8. The maximum Gasteiger partial charge on any atom is 0.271 e. The molecule has 2 aliphatic rings. The van der Waals surface area contributed by atoms with E-state index in [1.807, 2.05) is 4.90 Å². The third kappa shape index (κ3) is 3.81. The van der Waals surface area contributed by atoms with Crippen LogP contribution >= 0.6 is 0 Å². The second kappa shape index (κ2) is 7.50. The maximum atomic E-state index is 12.6. The van der Waals surface area contributed by atoms with E-state index in [-0.39, 0.29) is 34.7 Å². The SMILES string of the molecule is CC(=O)N1[C@@H](CNC(=O)c2cc(C(C)(C)C)[nH]n2)C[C@@]2(C)[C@@H](O)CCCC[C@@H]12. The highest BCUT2D eigenvalue weighted by molar-refractivity contribution is 5.92. The molecule has 7 nitrogen and oxygen atoms in total. The first-order chi connectivity index (χ1) is 13.0. The minimum Gasteiger partial charge on any atom is -0.392 e. The van der Waals surface area contributed by atoms with Crippen molar-refractivity contribution in [3.63, 3.8) is 0 Å². The number of aromatic nitrogens is 2. The van der Waals surface area contributed by atoms with Gasteiger partial charge in [0.05, 0.1) is 12.1 Å². The van der Waals surface area contributed by atoms with E-state index in [0.29, 0.717) is 18.7 Å². The highest BCUT2D eigenvalue weighted by atomic mass is 16.3. The number of amides is 2. The Labute approximate surface area is 167 Å². The van der Waals surface area contributed by atoms with Crippen molar-refractivity contribution in [2.75, 3.05) is 6.54 Å². The summed E-state index contributed by atoms with van der Waals surface area (Å²) in [6.07, 6.45) is 3.99. The smallest absolute Gasteiger partial charge is 0.271 e. The average molecular weight is 391 g/mol. The molecule has 1 saturated heterocycles.